The molecule has 0 heterocycles. The van der Waals surface area contributed by atoms with E-state index in [0.29, 0.717) is 0 Å². The maximum Gasteiger partial charge on any atom is 0.0497 e. The fourth-order valence-electron chi connectivity index (χ4n) is 1.85. The molecule has 0 amide bonds. The van der Waals surface area contributed by atoms with Crippen LogP contribution in [0.5, 0.6) is 0 Å². The van der Waals surface area contributed by atoms with Gasteiger partial charge in [-0.2, -0.15) is 0 Å². The summed E-state index contributed by atoms with van der Waals surface area (Å²) in [6.45, 7) is 8.59. The van der Waals surface area contributed by atoms with Crippen molar-refractivity contribution in [2.75, 3.05) is 24.6 Å². The number of aliphatic hydroxyl groups excluding tert-OH is 1. The minimum Gasteiger partial charge on any atom is -0.396 e. The van der Waals surface area contributed by atoms with E-state index in [-0.39, 0.29) is 12.5 Å². The van der Waals surface area contributed by atoms with E-state index in [1.54, 1.807) is 0 Å². The summed E-state index contributed by atoms with van der Waals surface area (Å²) in [4.78, 5) is 2.32. The minimum atomic E-state index is 0.207. The molecule has 0 saturated carbocycles. The third kappa shape index (κ3) is 2.72. The SMILES string of the molecule is CCN(CC)c1ccccc1[C@@H](C)CO. The number of benzene rings is 1. The first-order chi connectivity index (χ1) is 7.24. The van der Waals surface area contributed by atoms with Gasteiger partial charge in [-0.05, 0) is 25.5 Å². The van der Waals surface area contributed by atoms with E-state index in [4.69, 9.17) is 0 Å². The highest BCUT2D eigenvalue weighted by molar-refractivity contribution is 5.54. The van der Waals surface area contributed by atoms with Crippen LogP contribution in [0.1, 0.15) is 32.3 Å². The Morgan fingerprint density at radius 1 is 1.20 bits per heavy atom. The quantitative estimate of drug-likeness (QED) is 0.802. The van der Waals surface area contributed by atoms with Crippen molar-refractivity contribution in [3.8, 4) is 0 Å². The number of anilines is 1. The highest BCUT2D eigenvalue weighted by Crippen LogP contribution is 2.26. The zero-order valence-electron chi connectivity index (χ0n) is 9.90. The Bertz CT molecular complexity index is 294. The lowest BCUT2D eigenvalue weighted by Gasteiger charge is -2.26. The molecule has 2 nitrogen and oxygen atoms in total. The predicted molar refractivity (Wildman–Crippen MR) is 65.5 cm³/mol. The normalized spacial score (nSPS) is 12.5. The van der Waals surface area contributed by atoms with E-state index in [2.05, 4.69) is 43.9 Å². The second-order valence-electron chi connectivity index (χ2n) is 3.81. The van der Waals surface area contributed by atoms with Crippen molar-refractivity contribution in [3.05, 3.63) is 29.8 Å². The van der Waals surface area contributed by atoms with Gasteiger partial charge in [0.15, 0.2) is 0 Å². The van der Waals surface area contributed by atoms with Crippen LogP contribution in [-0.2, 0) is 0 Å². The Kier molecular flexibility index (Phi) is 4.63. The van der Waals surface area contributed by atoms with Gasteiger partial charge < -0.3 is 10.0 Å². The molecule has 1 N–H and O–H groups in total. The number of hydrogen-bond acceptors (Lipinski definition) is 2. The first-order valence-corrected chi connectivity index (χ1v) is 5.69. The van der Waals surface area contributed by atoms with Crippen LogP contribution >= 0.6 is 0 Å². The molecular weight excluding hydrogens is 186 g/mol. The third-order valence-electron chi connectivity index (χ3n) is 2.85. The number of nitrogens with zero attached hydrogens (tertiary/aromatic N) is 1. The van der Waals surface area contributed by atoms with Gasteiger partial charge in [0.2, 0.25) is 0 Å². The molecule has 1 atom stereocenters. The largest absolute Gasteiger partial charge is 0.396 e. The van der Waals surface area contributed by atoms with Crippen molar-refractivity contribution in [1.82, 2.24) is 0 Å². The Labute approximate surface area is 92.5 Å². The zero-order valence-corrected chi connectivity index (χ0v) is 9.90. The van der Waals surface area contributed by atoms with Gasteiger partial charge in [0.25, 0.3) is 0 Å². The highest BCUT2D eigenvalue weighted by Gasteiger charge is 2.12. The third-order valence-corrected chi connectivity index (χ3v) is 2.85. The van der Waals surface area contributed by atoms with E-state index in [1.807, 2.05) is 6.07 Å². The first-order valence-electron chi connectivity index (χ1n) is 5.69. The molecule has 0 aliphatic rings. The lowest BCUT2D eigenvalue weighted by molar-refractivity contribution is 0.273. The summed E-state index contributed by atoms with van der Waals surface area (Å²) in [7, 11) is 0. The number of para-hydroxylation sites is 1. The molecule has 0 saturated heterocycles. The molecule has 0 unspecified atom stereocenters. The molecule has 15 heavy (non-hydrogen) atoms. The number of aliphatic hydroxyl groups is 1. The highest BCUT2D eigenvalue weighted by atomic mass is 16.3. The molecule has 0 bridgehead atoms. The molecule has 0 fully saturated rings. The van der Waals surface area contributed by atoms with Gasteiger partial charge in [0, 0.05) is 31.3 Å². The van der Waals surface area contributed by atoms with Gasteiger partial charge in [-0.15, -0.1) is 0 Å². The average molecular weight is 207 g/mol. The molecule has 1 aromatic rings. The van der Waals surface area contributed by atoms with Crippen LogP contribution in [0.25, 0.3) is 0 Å². The maximum absolute atomic E-state index is 9.22. The summed E-state index contributed by atoms with van der Waals surface area (Å²) in [5.74, 6) is 0.210. The van der Waals surface area contributed by atoms with E-state index in [1.165, 1.54) is 11.3 Å². The molecule has 0 aliphatic carbocycles. The van der Waals surface area contributed by atoms with Crippen molar-refractivity contribution in [2.24, 2.45) is 0 Å². The van der Waals surface area contributed by atoms with E-state index in [9.17, 15) is 5.11 Å². The topological polar surface area (TPSA) is 23.5 Å². The maximum atomic E-state index is 9.22. The van der Waals surface area contributed by atoms with Crippen LogP contribution in [0, 0.1) is 0 Å². The fourth-order valence-corrected chi connectivity index (χ4v) is 1.85. The van der Waals surface area contributed by atoms with Gasteiger partial charge in [-0.25, -0.2) is 0 Å². The second-order valence-corrected chi connectivity index (χ2v) is 3.81. The summed E-state index contributed by atoms with van der Waals surface area (Å²) in [6.07, 6.45) is 0. The molecule has 2 heteroatoms. The molecule has 0 radical (unpaired) electrons. The lowest BCUT2D eigenvalue weighted by Crippen LogP contribution is -2.23. The van der Waals surface area contributed by atoms with Crippen LogP contribution < -0.4 is 4.90 Å². The smallest absolute Gasteiger partial charge is 0.0497 e. The molecule has 1 rings (SSSR count). The standard InChI is InChI=1S/C13H21NO/c1-4-14(5-2)13-9-7-6-8-12(13)11(3)10-15/h6-9,11,15H,4-5,10H2,1-3H3/t11-/m0/s1. The summed E-state index contributed by atoms with van der Waals surface area (Å²) in [6, 6.07) is 8.33. The zero-order chi connectivity index (χ0) is 11.3. The Morgan fingerprint density at radius 2 is 1.80 bits per heavy atom. The fraction of sp³-hybridized carbons (Fsp3) is 0.538. The van der Waals surface area contributed by atoms with Gasteiger partial charge in [-0.1, -0.05) is 25.1 Å². The lowest BCUT2D eigenvalue weighted by atomic mass is 9.99. The summed E-state index contributed by atoms with van der Waals surface area (Å²) < 4.78 is 0. The van der Waals surface area contributed by atoms with Crippen LogP contribution in [-0.4, -0.2) is 24.8 Å². The summed E-state index contributed by atoms with van der Waals surface area (Å²) >= 11 is 0. The van der Waals surface area contributed by atoms with Crippen molar-refractivity contribution in [3.63, 3.8) is 0 Å². The second kappa shape index (κ2) is 5.76. The van der Waals surface area contributed by atoms with Crippen molar-refractivity contribution < 1.29 is 5.11 Å². The van der Waals surface area contributed by atoms with Gasteiger partial charge in [-0.3, -0.25) is 0 Å². The molecule has 0 aliphatic heterocycles. The molecule has 1 aromatic carbocycles. The van der Waals surface area contributed by atoms with E-state index >= 15 is 0 Å². The van der Waals surface area contributed by atoms with Gasteiger partial charge in [0.05, 0.1) is 0 Å². The summed E-state index contributed by atoms with van der Waals surface area (Å²) in [5, 5.41) is 9.22. The molecule has 84 valence electrons. The van der Waals surface area contributed by atoms with Crippen molar-refractivity contribution in [1.29, 1.82) is 0 Å². The Morgan fingerprint density at radius 3 is 2.33 bits per heavy atom. The van der Waals surface area contributed by atoms with E-state index in [0.717, 1.165) is 13.1 Å². The molecule has 0 spiro atoms. The van der Waals surface area contributed by atoms with Gasteiger partial charge >= 0.3 is 0 Å². The van der Waals surface area contributed by atoms with Crippen LogP contribution in [0.2, 0.25) is 0 Å². The van der Waals surface area contributed by atoms with Crippen LogP contribution in [0.15, 0.2) is 24.3 Å². The number of hydrogen-bond donors (Lipinski definition) is 1. The van der Waals surface area contributed by atoms with Crippen LogP contribution in [0.3, 0.4) is 0 Å². The summed E-state index contributed by atoms with van der Waals surface area (Å²) in [5.41, 5.74) is 2.49. The average Bonchev–Trinajstić information content (AvgIpc) is 2.30. The van der Waals surface area contributed by atoms with Crippen molar-refractivity contribution in [2.45, 2.75) is 26.7 Å². The van der Waals surface area contributed by atoms with E-state index < -0.39 is 0 Å². The van der Waals surface area contributed by atoms with Crippen molar-refractivity contribution >= 4 is 5.69 Å². The number of rotatable bonds is 5. The van der Waals surface area contributed by atoms with Crippen LogP contribution in [0.4, 0.5) is 5.69 Å². The predicted octanol–water partition coefficient (Wildman–Crippen LogP) is 2.63. The Balaban J connectivity index is 3.04. The first kappa shape index (κ1) is 12.1. The minimum absolute atomic E-state index is 0.207. The van der Waals surface area contributed by atoms with Gasteiger partial charge in [0.1, 0.15) is 0 Å². The Hall–Kier alpha value is -1.02. The monoisotopic (exact) mass is 207 g/mol. The molecular formula is C13H21NO. The molecule has 0 aromatic heterocycles.